The lowest BCUT2D eigenvalue weighted by atomic mass is 10.1. The first-order chi connectivity index (χ1) is 12.8. The van der Waals surface area contributed by atoms with Gasteiger partial charge in [0.05, 0.1) is 0 Å². The minimum absolute atomic E-state index is 0.867. The second-order valence-corrected chi connectivity index (χ2v) is 6.77. The summed E-state index contributed by atoms with van der Waals surface area (Å²) in [5.74, 6) is 0. The lowest BCUT2D eigenvalue weighted by Gasteiger charge is -2.02. The van der Waals surface area contributed by atoms with Gasteiger partial charge in [0.15, 0.2) is 5.69 Å². The molecule has 0 bridgehead atoms. The molecule has 4 rings (SSSR count). The van der Waals surface area contributed by atoms with E-state index in [4.69, 9.17) is 0 Å². The molecule has 128 valence electrons. The number of hydrogen-bond donors (Lipinski definition) is 0. The predicted molar refractivity (Wildman–Crippen MR) is 106 cm³/mol. The van der Waals surface area contributed by atoms with Gasteiger partial charge in [-0.25, -0.2) is 9.13 Å². The highest BCUT2D eigenvalue weighted by Crippen LogP contribution is 2.17. The van der Waals surface area contributed by atoms with Crippen LogP contribution >= 0.6 is 0 Å². The van der Waals surface area contributed by atoms with Crippen LogP contribution in [0.5, 0.6) is 0 Å². The molecule has 2 heteroatoms. The van der Waals surface area contributed by atoms with Crippen LogP contribution in [-0.2, 0) is 13.1 Å². The van der Waals surface area contributed by atoms with E-state index >= 15 is 0 Å². The van der Waals surface area contributed by atoms with Crippen molar-refractivity contribution in [3.8, 4) is 11.3 Å². The Morgan fingerprint density at radius 3 is 2.08 bits per heavy atom. The van der Waals surface area contributed by atoms with Gasteiger partial charge in [-0.1, -0.05) is 90.5 Å². The van der Waals surface area contributed by atoms with E-state index < -0.39 is 0 Å². The number of rotatable bonds is 5. The Morgan fingerprint density at radius 1 is 0.731 bits per heavy atom. The van der Waals surface area contributed by atoms with Gasteiger partial charge in [-0.05, 0) is 18.1 Å². The monoisotopic (exact) mass is 339 g/mol. The first-order valence-corrected chi connectivity index (χ1v) is 9.02. The van der Waals surface area contributed by atoms with Crippen LogP contribution in [0.25, 0.3) is 11.3 Å². The third kappa shape index (κ3) is 3.75. The van der Waals surface area contributed by atoms with E-state index in [1.165, 1.54) is 27.9 Å². The summed E-state index contributed by atoms with van der Waals surface area (Å²) in [7, 11) is 0. The highest BCUT2D eigenvalue weighted by Gasteiger charge is 2.16. The van der Waals surface area contributed by atoms with E-state index in [1.807, 2.05) is 0 Å². The molecule has 0 unspecified atom stereocenters. The van der Waals surface area contributed by atoms with Gasteiger partial charge in [-0.15, -0.1) is 0 Å². The van der Waals surface area contributed by atoms with E-state index in [-0.39, 0.29) is 0 Å². The van der Waals surface area contributed by atoms with Gasteiger partial charge in [0.1, 0.15) is 19.3 Å². The second-order valence-electron chi connectivity index (χ2n) is 6.77. The fourth-order valence-corrected chi connectivity index (χ4v) is 3.25. The van der Waals surface area contributed by atoms with Crippen molar-refractivity contribution >= 4 is 0 Å². The highest BCUT2D eigenvalue weighted by atomic mass is 15.1. The summed E-state index contributed by atoms with van der Waals surface area (Å²) in [5.41, 5.74) is 6.40. The highest BCUT2D eigenvalue weighted by molar-refractivity contribution is 5.54. The van der Waals surface area contributed by atoms with Gasteiger partial charge in [0, 0.05) is 5.56 Å². The van der Waals surface area contributed by atoms with Gasteiger partial charge in [-0.3, -0.25) is 0 Å². The zero-order chi connectivity index (χ0) is 17.8. The van der Waals surface area contributed by atoms with E-state index in [0.29, 0.717) is 0 Å². The fraction of sp³-hybridized carbons (Fsp3) is 0.125. The van der Waals surface area contributed by atoms with Crippen LogP contribution in [0.3, 0.4) is 0 Å². The molecule has 1 heterocycles. The number of imidazole rings is 1. The molecule has 0 aliphatic heterocycles. The van der Waals surface area contributed by atoms with Crippen molar-refractivity contribution in [1.29, 1.82) is 0 Å². The normalized spacial score (nSPS) is 10.8. The van der Waals surface area contributed by atoms with Gasteiger partial charge in [0.25, 0.3) is 0 Å². The number of aromatic nitrogens is 2. The maximum atomic E-state index is 2.33. The molecule has 3 aromatic carbocycles. The van der Waals surface area contributed by atoms with Crippen LogP contribution in [0.4, 0.5) is 0 Å². The summed E-state index contributed by atoms with van der Waals surface area (Å²) in [4.78, 5) is 0. The van der Waals surface area contributed by atoms with E-state index in [2.05, 4.69) is 114 Å². The average Bonchev–Trinajstić information content (AvgIpc) is 3.07. The van der Waals surface area contributed by atoms with Crippen molar-refractivity contribution in [3.63, 3.8) is 0 Å². The van der Waals surface area contributed by atoms with Crippen molar-refractivity contribution in [3.05, 3.63) is 114 Å². The summed E-state index contributed by atoms with van der Waals surface area (Å²) in [6.45, 7) is 3.87. The number of hydrogen-bond acceptors (Lipinski definition) is 0. The number of aryl methyl sites for hydroxylation is 1. The van der Waals surface area contributed by atoms with E-state index in [9.17, 15) is 0 Å². The van der Waals surface area contributed by atoms with Crippen LogP contribution in [0.1, 0.15) is 16.7 Å². The molecule has 0 radical (unpaired) electrons. The smallest absolute Gasteiger partial charge is 0.232 e. The maximum absolute atomic E-state index is 2.33. The van der Waals surface area contributed by atoms with Crippen LogP contribution in [0, 0.1) is 6.92 Å². The largest absolute Gasteiger partial charge is 0.244 e. The lowest BCUT2D eigenvalue weighted by Crippen LogP contribution is -2.34. The maximum Gasteiger partial charge on any atom is 0.244 e. The van der Waals surface area contributed by atoms with Gasteiger partial charge < -0.3 is 0 Å². The van der Waals surface area contributed by atoms with Crippen molar-refractivity contribution in [1.82, 2.24) is 4.57 Å². The molecule has 0 fully saturated rings. The second kappa shape index (κ2) is 7.40. The summed E-state index contributed by atoms with van der Waals surface area (Å²) in [6.07, 6.45) is 4.47. The summed E-state index contributed by atoms with van der Waals surface area (Å²) < 4.78 is 4.61. The van der Waals surface area contributed by atoms with Crippen molar-refractivity contribution in [2.45, 2.75) is 20.0 Å². The van der Waals surface area contributed by atoms with Crippen LogP contribution in [0.15, 0.2) is 97.5 Å². The van der Waals surface area contributed by atoms with Crippen LogP contribution in [0.2, 0.25) is 0 Å². The zero-order valence-electron chi connectivity index (χ0n) is 15.0. The Labute approximate surface area is 155 Å². The Kier molecular flexibility index (Phi) is 4.65. The van der Waals surface area contributed by atoms with Gasteiger partial charge in [0.2, 0.25) is 6.33 Å². The topological polar surface area (TPSA) is 8.81 Å². The van der Waals surface area contributed by atoms with E-state index in [0.717, 1.165) is 13.1 Å². The van der Waals surface area contributed by atoms with Crippen molar-refractivity contribution in [2.24, 2.45) is 0 Å². The lowest BCUT2D eigenvalue weighted by molar-refractivity contribution is -0.677. The molecule has 0 spiro atoms. The molecule has 0 aliphatic carbocycles. The van der Waals surface area contributed by atoms with Gasteiger partial charge in [-0.2, -0.15) is 0 Å². The first kappa shape index (κ1) is 16.3. The molecule has 0 N–H and O–H groups in total. The minimum Gasteiger partial charge on any atom is -0.232 e. The third-order valence-corrected chi connectivity index (χ3v) is 4.64. The Hall–Kier alpha value is -3.13. The summed E-state index contributed by atoms with van der Waals surface area (Å²) in [5, 5.41) is 0. The molecular weight excluding hydrogens is 316 g/mol. The quantitative estimate of drug-likeness (QED) is 0.460. The molecule has 26 heavy (non-hydrogen) atoms. The molecular formula is C24H23N2+. The first-order valence-electron chi connectivity index (χ1n) is 9.02. The molecule has 0 aliphatic rings. The Morgan fingerprint density at radius 2 is 1.38 bits per heavy atom. The van der Waals surface area contributed by atoms with Crippen LogP contribution < -0.4 is 4.57 Å². The molecule has 0 saturated carbocycles. The van der Waals surface area contributed by atoms with Crippen LogP contribution in [-0.4, -0.2) is 4.57 Å². The molecule has 0 atom stereocenters. The molecule has 4 aromatic rings. The van der Waals surface area contributed by atoms with Gasteiger partial charge >= 0.3 is 0 Å². The fourth-order valence-electron chi connectivity index (χ4n) is 3.25. The molecule has 2 nitrogen and oxygen atoms in total. The zero-order valence-corrected chi connectivity index (χ0v) is 15.0. The Balaban J connectivity index is 1.68. The SMILES string of the molecule is Cc1ccc(Cn2cc(-c3ccccc3)[n+](Cc3ccccc3)c2)cc1. The number of benzene rings is 3. The van der Waals surface area contributed by atoms with E-state index in [1.54, 1.807) is 0 Å². The molecule has 0 amide bonds. The van der Waals surface area contributed by atoms with Crippen molar-refractivity contribution < 1.29 is 4.57 Å². The summed E-state index contributed by atoms with van der Waals surface area (Å²) >= 11 is 0. The Bertz CT molecular complexity index is 968. The minimum atomic E-state index is 0.867. The third-order valence-electron chi connectivity index (χ3n) is 4.64. The molecule has 1 aromatic heterocycles. The average molecular weight is 339 g/mol. The van der Waals surface area contributed by atoms with Crippen molar-refractivity contribution in [2.75, 3.05) is 0 Å². The number of nitrogens with zero attached hydrogens (tertiary/aromatic N) is 2. The summed E-state index contributed by atoms with van der Waals surface area (Å²) in [6, 6.07) is 30.0. The standard InChI is InChI=1S/C24H23N2/c1-20-12-14-22(15-13-20)16-25-18-24(23-10-6-3-7-11-23)26(19-25)17-21-8-4-2-5-9-21/h2-15,18-19H,16-17H2,1H3/q+1. The predicted octanol–water partition coefficient (Wildman–Crippen LogP) is 4.85. The molecule has 0 saturated heterocycles.